The van der Waals surface area contributed by atoms with Gasteiger partial charge in [0, 0.05) is 37.4 Å². The lowest BCUT2D eigenvalue weighted by atomic mass is 9.85. The molecule has 0 radical (unpaired) electrons. The van der Waals surface area contributed by atoms with Crippen molar-refractivity contribution in [2.45, 2.75) is 166 Å². The summed E-state index contributed by atoms with van der Waals surface area (Å²) in [6, 6.07) is 0. The van der Waals surface area contributed by atoms with Crippen LogP contribution < -0.4 is 0 Å². The van der Waals surface area contributed by atoms with Crippen LogP contribution in [0.2, 0.25) is 0 Å². The highest BCUT2D eigenvalue weighted by molar-refractivity contribution is 8.17. The van der Waals surface area contributed by atoms with Gasteiger partial charge in [-0.1, -0.05) is 96.8 Å². The van der Waals surface area contributed by atoms with Crippen molar-refractivity contribution in [3.05, 3.63) is 0 Å². The van der Waals surface area contributed by atoms with Crippen LogP contribution >= 0.6 is 43.1 Å². The van der Waals surface area contributed by atoms with Crippen molar-refractivity contribution in [3.8, 4) is 58.5 Å². The van der Waals surface area contributed by atoms with Crippen LogP contribution in [0.25, 0.3) is 0 Å². The minimum atomic E-state index is -5.75. The maximum absolute atomic E-state index is 12.9. The number of phosphoric acid groups is 4. The number of esters is 1. The third-order valence-corrected chi connectivity index (χ3v) is 12.0. The van der Waals surface area contributed by atoms with Crippen molar-refractivity contribution in [1.82, 2.24) is 0 Å². The number of hydrogen-bond acceptors (Lipinski definition) is 17. The molecule has 0 aromatic rings. The summed E-state index contributed by atoms with van der Waals surface area (Å²) in [5, 5.41) is 33.1. The van der Waals surface area contributed by atoms with Crippen molar-refractivity contribution in [2.24, 2.45) is 0 Å². The van der Waals surface area contributed by atoms with Crippen LogP contribution in [0.5, 0.6) is 0 Å². The van der Waals surface area contributed by atoms with Gasteiger partial charge in [-0.3, -0.25) is 32.2 Å². The molecule has 8 atom stereocenters. The lowest BCUT2D eigenvalue weighted by Crippen LogP contribution is -2.65. The van der Waals surface area contributed by atoms with Crippen LogP contribution in [-0.4, -0.2) is 123 Å². The third-order valence-electron chi connectivity index (χ3n) is 8.86. The SMILES string of the molecule is CC#CC#CC#CC#CC#CSC(=O)CCC.CCCCCCCCCCCCCCCC(=O)O[C@H](COCO)COP(=O)(O)OC1C(O)[C@H](OP(=O)(O)O)C(OP(=O)(O)O)C(OP(=O)(O)O)[C@@H]1O.[HH].[HH].[HH].[HH].[HH].[HH].[HH].[HH].[HH]. The molecule has 0 bridgehead atoms. The van der Waals surface area contributed by atoms with Gasteiger partial charge < -0.3 is 59.0 Å². The Kier molecular flexibility index (Phi) is 36.0. The zero-order valence-electron chi connectivity index (χ0n) is 38.5. The van der Waals surface area contributed by atoms with Gasteiger partial charge in [-0.05, 0) is 72.4 Å². The average Bonchev–Trinajstić information content (AvgIpc) is 3.25. The second-order valence-corrected chi connectivity index (χ2v) is 20.5. The second-order valence-electron chi connectivity index (χ2n) is 14.7. The van der Waals surface area contributed by atoms with Gasteiger partial charge in [-0.15, -0.1) is 0 Å². The maximum Gasteiger partial charge on any atom is 0.472 e. The highest BCUT2D eigenvalue weighted by Crippen LogP contribution is 2.53. The van der Waals surface area contributed by atoms with Gasteiger partial charge in [-0.2, -0.15) is 0 Å². The topological polar surface area (TPSA) is 369 Å². The Hall–Kier alpha value is -2.43. The predicted octanol–water partition coefficient (Wildman–Crippen LogP) is 6.27. The maximum atomic E-state index is 12.9. The van der Waals surface area contributed by atoms with Crippen molar-refractivity contribution < 1.29 is 122 Å². The van der Waals surface area contributed by atoms with Gasteiger partial charge >= 0.3 is 37.3 Å². The van der Waals surface area contributed by atoms with E-state index in [4.69, 9.17) is 23.6 Å². The number of rotatable bonds is 31. The molecule has 1 aliphatic rings. The number of unbranched alkanes of at least 4 members (excludes halogenated alkanes) is 12. The zero-order chi connectivity index (χ0) is 52.4. The van der Waals surface area contributed by atoms with Gasteiger partial charge in [0.1, 0.15) is 49.5 Å². The van der Waals surface area contributed by atoms with E-state index in [1.807, 2.05) is 6.92 Å². The number of carbonyl (C=O) groups is 2. The van der Waals surface area contributed by atoms with Crippen LogP contribution in [0.15, 0.2) is 0 Å². The Balaban J connectivity index is -0.000000192. The fraction of sp³-hybridized carbons (Fsp3) is 0.707. The van der Waals surface area contributed by atoms with Crippen molar-refractivity contribution in [3.63, 3.8) is 0 Å². The van der Waals surface area contributed by atoms with E-state index in [0.29, 0.717) is 12.8 Å². The Bertz CT molecular complexity index is 2050. The second kappa shape index (κ2) is 37.3. The number of aliphatic hydroxyl groups is 3. The summed E-state index contributed by atoms with van der Waals surface area (Å²) >= 11 is 0.979. The normalized spacial score (nSPS) is 20.1. The number of carbonyl (C=O) groups excluding carboxylic acids is 2. The van der Waals surface area contributed by atoms with Crippen LogP contribution in [0.4, 0.5) is 0 Å². The molecule has 28 heteroatoms. The molecule has 0 aromatic heterocycles. The summed E-state index contributed by atoms with van der Waals surface area (Å²) in [6.07, 6.45) is -2.30. The third kappa shape index (κ3) is 36.2. The predicted molar refractivity (Wildman–Crippen MR) is 268 cm³/mol. The quantitative estimate of drug-likeness (QED) is 0.0120. The Labute approximate surface area is 420 Å². The Morgan fingerprint density at radius 2 is 1.00 bits per heavy atom. The van der Waals surface area contributed by atoms with E-state index in [1.54, 1.807) is 6.92 Å². The molecular formula is C41H82O23P4S. The Morgan fingerprint density at radius 3 is 1.43 bits per heavy atom. The summed E-state index contributed by atoms with van der Waals surface area (Å²) in [6.45, 7) is 3.48. The van der Waals surface area contributed by atoms with E-state index in [1.165, 1.54) is 44.9 Å². The first kappa shape index (κ1) is 66.6. The van der Waals surface area contributed by atoms with Crippen molar-refractivity contribution in [2.75, 3.05) is 20.0 Å². The smallest absolute Gasteiger partial charge is 0.457 e. The summed E-state index contributed by atoms with van der Waals surface area (Å²) in [4.78, 5) is 89.4. The van der Waals surface area contributed by atoms with Crippen molar-refractivity contribution in [1.29, 1.82) is 0 Å². The molecule has 23 nitrogen and oxygen atoms in total. The van der Waals surface area contributed by atoms with E-state index in [0.717, 1.165) is 50.3 Å². The van der Waals surface area contributed by atoms with E-state index in [-0.39, 0.29) is 24.4 Å². The molecule has 1 rings (SSSR count). The standard InChI is InChI=1S/C26H54O22P4.C15H10OS.9H2/c1-2-3-4-5-6-7-8-9-10-11-12-13-14-15-20(28)44-19(16-42-18-27)17-43-52(40,41)48-23-21(29)24(45-49(31,32)33)26(47-51(37,38)39)25(22(23)30)46-50(34,35)36;1-3-5-6-7-8-9-10-11-12-14-17-15(16)13-4-2;;;;;;;;;/h19,21-27,29-30H,2-18H2,1H3,(H,40,41)(H2,31,32,33)(H2,34,35,36)(H2,37,38,39);4,13H2,1-2H3;9*1H/t19-,21-,22?,23?,24?,25+,26?;;;;;;;;;;/m1........../s1. The molecule has 0 spiro atoms. The molecule has 0 heterocycles. The van der Waals surface area contributed by atoms with E-state index in [2.05, 4.69) is 79.0 Å². The lowest BCUT2D eigenvalue weighted by molar-refractivity contribution is -0.209. The number of phosphoric ester groups is 4. The minimum Gasteiger partial charge on any atom is -0.457 e. The first-order chi connectivity index (χ1) is 32.4. The monoisotopic (exact) mass is 1100 g/mol. The van der Waals surface area contributed by atoms with E-state index < -0.39 is 100.0 Å². The minimum absolute atomic E-state index is 0. The number of ether oxygens (including phenoxy) is 2. The molecule has 0 saturated heterocycles. The van der Waals surface area contributed by atoms with Gasteiger partial charge in [0.05, 0.1) is 13.2 Å². The van der Waals surface area contributed by atoms with Crippen LogP contribution in [-0.2, 0) is 59.9 Å². The van der Waals surface area contributed by atoms with Crippen LogP contribution in [0.3, 0.4) is 0 Å². The molecule has 0 aromatic carbocycles. The molecule has 5 unspecified atom stereocenters. The molecule has 10 N–H and O–H groups in total. The van der Waals surface area contributed by atoms with Gasteiger partial charge in [-0.25, -0.2) is 18.3 Å². The van der Waals surface area contributed by atoms with E-state index >= 15 is 0 Å². The molecule has 1 saturated carbocycles. The van der Waals surface area contributed by atoms with E-state index in [9.17, 15) is 72.3 Å². The van der Waals surface area contributed by atoms with Crippen molar-refractivity contribution >= 4 is 54.1 Å². The summed E-state index contributed by atoms with van der Waals surface area (Å²) in [7, 11) is -22.8. The summed E-state index contributed by atoms with van der Waals surface area (Å²) in [5.74, 6) is 22.1. The molecule has 0 amide bonds. The molecule has 1 fully saturated rings. The number of thioether (sulfide) groups is 1. The van der Waals surface area contributed by atoms with Gasteiger partial charge in [0.15, 0.2) is 0 Å². The average molecular weight is 1100 g/mol. The van der Waals surface area contributed by atoms with Gasteiger partial charge in [0.25, 0.3) is 0 Å². The Morgan fingerprint density at radius 1 is 0.565 bits per heavy atom. The molecule has 1 aliphatic carbocycles. The number of hydrogen-bond donors (Lipinski definition) is 10. The zero-order valence-corrected chi connectivity index (χ0v) is 42.8. The first-order valence-electron chi connectivity index (χ1n) is 21.6. The molecular weight excluding hydrogens is 1020 g/mol. The summed E-state index contributed by atoms with van der Waals surface area (Å²) < 4.78 is 79.8. The first-order valence-corrected chi connectivity index (χ1v) is 28.5. The lowest BCUT2D eigenvalue weighted by Gasteiger charge is -2.45. The summed E-state index contributed by atoms with van der Waals surface area (Å²) in [5.41, 5.74) is 0. The van der Waals surface area contributed by atoms with Gasteiger partial charge in [0.2, 0.25) is 5.12 Å². The molecule has 69 heavy (non-hydrogen) atoms. The van der Waals surface area contributed by atoms with Crippen LogP contribution in [0.1, 0.15) is 136 Å². The highest BCUT2D eigenvalue weighted by atomic mass is 32.2. The molecule has 0 aliphatic heterocycles. The number of aliphatic hydroxyl groups excluding tert-OH is 3. The highest BCUT2D eigenvalue weighted by Gasteiger charge is 2.59. The fourth-order valence-corrected chi connectivity index (χ4v) is 9.10. The largest absolute Gasteiger partial charge is 0.472 e. The van der Waals surface area contributed by atoms with Crippen LogP contribution in [0, 0.1) is 58.5 Å². The fourth-order valence-electron chi connectivity index (χ4n) is 5.92. The molecule has 410 valence electrons.